The lowest BCUT2D eigenvalue weighted by atomic mass is 10.7. The van der Waals surface area contributed by atoms with Crippen LogP contribution in [0.2, 0.25) is 0 Å². The highest BCUT2D eigenvalue weighted by Gasteiger charge is 1.78. The van der Waals surface area contributed by atoms with Crippen molar-refractivity contribution in [2.75, 3.05) is 27.2 Å². The topological polar surface area (TPSA) is 45.3 Å². The zero-order chi connectivity index (χ0) is 6.24. The molecule has 4 heteroatoms. The predicted octanol–water partition coefficient (Wildman–Crippen LogP) is -1.14. The first-order valence-electron chi connectivity index (χ1n) is 2.57. The van der Waals surface area contributed by atoms with E-state index in [1.54, 1.807) is 7.11 Å². The van der Waals surface area contributed by atoms with Crippen LogP contribution in [0.5, 0.6) is 0 Å². The van der Waals surface area contributed by atoms with Crippen molar-refractivity contribution in [1.82, 2.24) is 16.3 Å². The molecule has 0 rings (SSSR count). The number of hydrazine groups is 1. The number of hydrogen-bond donors (Lipinski definition) is 3. The van der Waals surface area contributed by atoms with Gasteiger partial charge >= 0.3 is 0 Å². The molecule has 4 nitrogen and oxygen atoms in total. The fourth-order valence-corrected chi connectivity index (χ4v) is 0.341. The van der Waals surface area contributed by atoms with E-state index < -0.39 is 0 Å². The molecule has 0 unspecified atom stereocenters. The third-order valence-corrected chi connectivity index (χ3v) is 0.673. The van der Waals surface area contributed by atoms with E-state index in [-0.39, 0.29) is 0 Å². The van der Waals surface area contributed by atoms with E-state index in [0.29, 0.717) is 0 Å². The highest BCUT2D eigenvalue weighted by molar-refractivity contribution is 4.36. The summed E-state index contributed by atoms with van der Waals surface area (Å²) < 4.78 is 0. The first kappa shape index (κ1) is 7.84. The van der Waals surface area contributed by atoms with E-state index in [1.165, 1.54) is 0 Å². The van der Waals surface area contributed by atoms with Gasteiger partial charge in [0.05, 0.1) is 7.11 Å². The lowest BCUT2D eigenvalue weighted by molar-refractivity contribution is 0.0920. The second-order valence-electron chi connectivity index (χ2n) is 1.28. The Morgan fingerprint density at radius 2 is 2.12 bits per heavy atom. The molecule has 50 valence electrons. The molecule has 3 N–H and O–H groups in total. The zero-order valence-electron chi connectivity index (χ0n) is 5.32. The third kappa shape index (κ3) is 5.84. The first-order valence-corrected chi connectivity index (χ1v) is 2.57. The molecular formula is C4H13N3O. The summed E-state index contributed by atoms with van der Waals surface area (Å²) in [6.07, 6.45) is 0. The molecule has 0 aliphatic heterocycles. The van der Waals surface area contributed by atoms with Crippen LogP contribution in [0.4, 0.5) is 0 Å². The minimum atomic E-state index is 0.803. The molecule has 0 amide bonds. The average molecular weight is 119 g/mol. The van der Waals surface area contributed by atoms with Gasteiger partial charge in [-0.15, -0.1) is 0 Å². The van der Waals surface area contributed by atoms with E-state index in [4.69, 9.17) is 0 Å². The molecule has 0 saturated carbocycles. The molecule has 0 saturated heterocycles. The second kappa shape index (κ2) is 6.84. The van der Waals surface area contributed by atoms with Crippen LogP contribution in [0, 0.1) is 0 Å². The number of hydroxylamine groups is 1. The molecule has 0 bridgehead atoms. The van der Waals surface area contributed by atoms with Crippen molar-refractivity contribution in [1.29, 1.82) is 0 Å². The van der Waals surface area contributed by atoms with Crippen molar-refractivity contribution >= 4 is 0 Å². The van der Waals surface area contributed by atoms with Gasteiger partial charge in [0, 0.05) is 13.1 Å². The van der Waals surface area contributed by atoms with Crippen LogP contribution in [-0.4, -0.2) is 27.2 Å². The lowest BCUT2D eigenvalue weighted by Gasteiger charge is -2.01. The summed E-state index contributed by atoms with van der Waals surface area (Å²) in [6, 6.07) is 0. The van der Waals surface area contributed by atoms with Crippen LogP contribution in [0.15, 0.2) is 0 Å². The van der Waals surface area contributed by atoms with Crippen LogP contribution < -0.4 is 16.3 Å². The fraction of sp³-hybridized carbons (Fsp3) is 1.00. The Balaban J connectivity index is 2.53. The minimum Gasteiger partial charge on any atom is -0.305 e. The summed E-state index contributed by atoms with van der Waals surface area (Å²) >= 11 is 0. The zero-order valence-corrected chi connectivity index (χ0v) is 5.32. The molecule has 0 atom stereocenters. The molecule has 0 aromatic heterocycles. The van der Waals surface area contributed by atoms with Crippen LogP contribution in [0.1, 0.15) is 0 Å². The van der Waals surface area contributed by atoms with Crippen LogP contribution >= 0.6 is 0 Å². The third-order valence-electron chi connectivity index (χ3n) is 0.673. The summed E-state index contributed by atoms with van der Waals surface area (Å²) in [4.78, 5) is 4.57. The maximum absolute atomic E-state index is 4.57. The molecule has 8 heavy (non-hydrogen) atoms. The van der Waals surface area contributed by atoms with Gasteiger partial charge in [0.15, 0.2) is 0 Å². The average Bonchev–Trinajstić information content (AvgIpc) is 1.81. The van der Waals surface area contributed by atoms with Gasteiger partial charge in [-0.05, 0) is 7.05 Å². The van der Waals surface area contributed by atoms with E-state index in [1.807, 2.05) is 7.05 Å². The Labute approximate surface area is 49.5 Å². The van der Waals surface area contributed by atoms with E-state index in [9.17, 15) is 0 Å². The van der Waals surface area contributed by atoms with Gasteiger partial charge in [-0.25, -0.2) is 5.48 Å². The Morgan fingerprint density at radius 3 is 2.62 bits per heavy atom. The smallest absolute Gasteiger partial charge is 0.0572 e. The largest absolute Gasteiger partial charge is 0.305 e. The monoisotopic (exact) mass is 119 g/mol. The predicted molar refractivity (Wildman–Crippen MR) is 32.1 cm³/mol. The Kier molecular flexibility index (Phi) is 6.70. The summed E-state index contributed by atoms with van der Waals surface area (Å²) in [5.74, 6) is 0. The van der Waals surface area contributed by atoms with Gasteiger partial charge < -0.3 is 4.84 Å². The van der Waals surface area contributed by atoms with Gasteiger partial charge in [-0.2, -0.15) is 0 Å². The molecule has 0 aliphatic carbocycles. The summed E-state index contributed by atoms with van der Waals surface area (Å²) in [6.45, 7) is 1.65. The summed E-state index contributed by atoms with van der Waals surface area (Å²) in [7, 11) is 3.42. The second-order valence-corrected chi connectivity index (χ2v) is 1.28. The van der Waals surface area contributed by atoms with Gasteiger partial charge in [0.2, 0.25) is 0 Å². The Hall–Kier alpha value is -0.160. The van der Waals surface area contributed by atoms with Crippen molar-refractivity contribution in [2.45, 2.75) is 0 Å². The van der Waals surface area contributed by atoms with Gasteiger partial charge in [-0.3, -0.25) is 10.9 Å². The number of rotatable bonds is 5. The number of nitrogens with one attached hydrogen (secondary N) is 3. The highest BCUT2D eigenvalue weighted by Crippen LogP contribution is 1.52. The van der Waals surface area contributed by atoms with Crippen LogP contribution in [0.25, 0.3) is 0 Å². The van der Waals surface area contributed by atoms with Crippen molar-refractivity contribution in [3.05, 3.63) is 0 Å². The van der Waals surface area contributed by atoms with Crippen molar-refractivity contribution in [2.24, 2.45) is 0 Å². The molecule has 0 aliphatic rings. The van der Waals surface area contributed by atoms with Gasteiger partial charge in [0.25, 0.3) is 0 Å². The highest BCUT2D eigenvalue weighted by atomic mass is 16.6. The minimum absolute atomic E-state index is 0.803. The van der Waals surface area contributed by atoms with E-state index in [0.717, 1.165) is 13.1 Å². The quantitative estimate of drug-likeness (QED) is 0.316. The molecule has 0 aromatic rings. The summed E-state index contributed by atoms with van der Waals surface area (Å²) in [5.41, 5.74) is 8.35. The maximum atomic E-state index is 4.57. The van der Waals surface area contributed by atoms with Crippen molar-refractivity contribution in [3.8, 4) is 0 Å². The summed E-state index contributed by atoms with van der Waals surface area (Å²) in [5, 5.41) is 0. The van der Waals surface area contributed by atoms with E-state index >= 15 is 0 Å². The van der Waals surface area contributed by atoms with Crippen molar-refractivity contribution in [3.63, 3.8) is 0 Å². The number of hydrogen-bond acceptors (Lipinski definition) is 4. The fourth-order valence-electron chi connectivity index (χ4n) is 0.341. The molecule has 0 aromatic carbocycles. The molecular weight excluding hydrogens is 106 g/mol. The SMILES string of the molecule is CNNCCNOC. The Bertz CT molecular complexity index is 36.3. The van der Waals surface area contributed by atoms with Gasteiger partial charge in [0.1, 0.15) is 0 Å². The maximum Gasteiger partial charge on any atom is 0.0572 e. The molecule has 0 radical (unpaired) electrons. The standard InChI is InChI=1S/C4H13N3O/c1-5-6-3-4-7-8-2/h5-7H,3-4H2,1-2H3. The van der Waals surface area contributed by atoms with Crippen LogP contribution in [-0.2, 0) is 4.84 Å². The van der Waals surface area contributed by atoms with Gasteiger partial charge in [-0.1, -0.05) is 0 Å². The normalized spacial score (nSPS) is 9.75. The molecule has 0 fully saturated rings. The van der Waals surface area contributed by atoms with Crippen LogP contribution in [0.3, 0.4) is 0 Å². The first-order chi connectivity index (χ1) is 3.91. The molecule has 0 spiro atoms. The van der Waals surface area contributed by atoms with E-state index in [2.05, 4.69) is 21.2 Å². The Morgan fingerprint density at radius 1 is 1.38 bits per heavy atom. The lowest BCUT2D eigenvalue weighted by Crippen LogP contribution is -2.34. The van der Waals surface area contributed by atoms with Crippen molar-refractivity contribution < 1.29 is 4.84 Å². The molecule has 0 heterocycles.